The van der Waals surface area contributed by atoms with E-state index >= 15 is 0 Å². The van der Waals surface area contributed by atoms with Gasteiger partial charge in [-0.2, -0.15) is 0 Å². The zero-order valence-corrected chi connectivity index (χ0v) is 13.6. The van der Waals surface area contributed by atoms with E-state index in [9.17, 15) is 9.18 Å². The van der Waals surface area contributed by atoms with Gasteiger partial charge in [-0.05, 0) is 43.7 Å². The van der Waals surface area contributed by atoms with Crippen molar-refractivity contribution in [3.05, 3.63) is 23.8 Å². The van der Waals surface area contributed by atoms with Crippen molar-refractivity contribution in [2.24, 2.45) is 10.4 Å². The van der Waals surface area contributed by atoms with Crippen molar-refractivity contribution in [1.29, 1.82) is 0 Å². The second-order valence-electron chi connectivity index (χ2n) is 5.76. The molecule has 6 heteroatoms. The van der Waals surface area contributed by atoms with E-state index in [1.165, 1.54) is 7.11 Å². The molecule has 1 aromatic carbocycles. The maximum Gasteiger partial charge on any atom is 0.337 e. The Kier molecular flexibility index (Phi) is 5.96. The minimum Gasteiger partial charge on any atom is -0.495 e. The standard InChI is InChI=1S/C17H23FN2O3/c1-22-15-11-13(16(21)23-2)3-4-14(15)20-10-9-19-8-7-17(12-18)5-6-17/h3-4,8,11,20H,5-7,9-10,12H2,1-2H3/b19-8+. The lowest BCUT2D eigenvalue weighted by atomic mass is 10.1. The molecule has 1 aliphatic rings. The second kappa shape index (κ2) is 7.94. The summed E-state index contributed by atoms with van der Waals surface area (Å²) in [4.78, 5) is 15.8. The molecular formula is C17H23FN2O3. The predicted molar refractivity (Wildman–Crippen MR) is 88.4 cm³/mol. The van der Waals surface area contributed by atoms with Gasteiger partial charge in [0.15, 0.2) is 0 Å². The highest BCUT2D eigenvalue weighted by Gasteiger charge is 2.41. The predicted octanol–water partition coefficient (Wildman–Crippen LogP) is 3.10. The molecule has 1 N–H and O–H groups in total. The van der Waals surface area contributed by atoms with E-state index in [0.29, 0.717) is 24.4 Å². The van der Waals surface area contributed by atoms with Crippen LogP contribution in [-0.2, 0) is 4.74 Å². The molecule has 23 heavy (non-hydrogen) atoms. The summed E-state index contributed by atoms with van der Waals surface area (Å²) in [5.74, 6) is 0.174. The van der Waals surface area contributed by atoms with Crippen LogP contribution in [0, 0.1) is 5.41 Å². The molecule has 1 saturated carbocycles. The molecule has 0 atom stereocenters. The first-order valence-corrected chi connectivity index (χ1v) is 7.68. The van der Waals surface area contributed by atoms with Crippen molar-refractivity contribution >= 4 is 17.9 Å². The van der Waals surface area contributed by atoms with E-state index < -0.39 is 5.97 Å². The van der Waals surface area contributed by atoms with Crippen LogP contribution in [0.5, 0.6) is 5.75 Å². The molecular weight excluding hydrogens is 299 g/mol. The van der Waals surface area contributed by atoms with Gasteiger partial charge < -0.3 is 14.8 Å². The molecule has 5 nitrogen and oxygen atoms in total. The Morgan fingerprint density at radius 2 is 2.22 bits per heavy atom. The second-order valence-corrected chi connectivity index (χ2v) is 5.76. The Labute approximate surface area is 135 Å². The van der Waals surface area contributed by atoms with Gasteiger partial charge in [0.1, 0.15) is 5.75 Å². The smallest absolute Gasteiger partial charge is 0.337 e. The van der Waals surface area contributed by atoms with Crippen molar-refractivity contribution in [2.45, 2.75) is 19.3 Å². The van der Waals surface area contributed by atoms with E-state index in [2.05, 4.69) is 15.0 Å². The maximum atomic E-state index is 12.7. The summed E-state index contributed by atoms with van der Waals surface area (Å²) in [6.45, 7) is 0.984. The third-order valence-electron chi connectivity index (χ3n) is 4.07. The molecule has 0 aromatic heterocycles. The van der Waals surface area contributed by atoms with Crippen LogP contribution < -0.4 is 10.1 Å². The number of anilines is 1. The highest BCUT2D eigenvalue weighted by atomic mass is 19.1. The van der Waals surface area contributed by atoms with Gasteiger partial charge in [-0.15, -0.1) is 0 Å². The number of halogens is 1. The quantitative estimate of drug-likeness (QED) is 0.431. The molecule has 126 valence electrons. The number of carbonyl (C=O) groups excluding carboxylic acids is 1. The number of alkyl halides is 1. The first-order chi connectivity index (χ1) is 11.1. The number of carbonyl (C=O) groups is 1. The number of ether oxygens (including phenoxy) is 2. The van der Waals surface area contributed by atoms with Crippen LogP contribution in [0.25, 0.3) is 0 Å². The van der Waals surface area contributed by atoms with Crippen LogP contribution >= 0.6 is 0 Å². The molecule has 0 unspecified atom stereocenters. The zero-order valence-electron chi connectivity index (χ0n) is 13.6. The van der Waals surface area contributed by atoms with Gasteiger partial charge in [0.25, 0.3) is 0 Å². The minimum absolute atomic E-state index is 0.107. The Bertz CT molecular complexity index is 571. The largest absolute Gasteiger partial charge is 0.495 e. The zero-order chi connectivity index (χ0) is 16.7. The van der Waals surface area contributed by atoms with E-state index in [1.54, 1.807) is 25.3 Å². The summed E-state index contributed by atoms with van der Waals surface area (Å²) in [6.07, 6.45) is 4.49. The summed E-state index contributed by atoms with van der Waals surface area (Å²) in [5, 5.41) is 3.21. The molecule has 0 radical (unpaired) electrons. The van der Waals surface area contributed by atoms with Gasteiger partial charge in [-0.3, -0.25) is 9.38 Å². The monoisotopic (exact) mass is 322 g/mol. The summed E-state index contributed by atoms with van der Waals surface area (Å²) < 4.78 is 22.7. The number of hydrogen-bond donors (Lipinski definition) is 1. The van der Waals surface area contributed by atoms with Gasteiger partial charge in [0.05, 0.1) is 38.7 Å². The average Bonchev–Trinajstić information content (AvgIpc) is 3.37. The molecule has 0 spiro atoms. The normalized spacial score (nSPS) is 15.4. The summed E-state index contributed by atoms with van der Waals surface area (Å²) in [5.41, 5.74) is 1.12. The first kappa shape index (κ1) is 17.2. The molecule has 1 aliphatic carbocycles. The van der Waals surface area contributed by atoms with Crippen LogP contribution in [0.2, 0.25) is 0 Å². The fourth-order valence-electron chi connectivity index (χ4n) is 2.26. The number of nitrogens with zero attached hydrogens (tertiary/aromatic N) is 1. The molecule has 2 rings (SSSR count). The summed E-state index contributed by atoms with van der Waals surface area (Å²) >= 11 is 0. The number of aliphatic imine (C=N–C) groups is 1. The molecule has 0 bridgehead atoms. The first-order valence-electron chi connectivity index (χ1n) is 7.68. The molecule has 0 aliphatic heterocycles. The molecule has 1 aromatic rings. The molecule has 1 fully saturated rings. The van der Waals surface area contributed by atoms with E-state index in [1.807, 2.05) is 6.21 Å². The van der Waals surface area contributed by atoms with Crippen LogP contribution in [-0.4, -0.2) is 46.2 Å². The topological polar surface area (TPSA) is 59.9 Å². The van der Waals surface area contributed by atoms with Crippen LogP contribution in [0.15, 0.2) is 23.2 Å². The van der Waals surface area contributed by atoms with Gasteiger partial charge in [-0.25, -0.2) is 4.79 Å². The van der Waals surface area contributed by atoms with Gasteiger partial charge in [0.2, 0.25) is 0 Å². The number of benzene rings is 1. The SMILES string of the molecule is COC(=O)c1ccc(NCC/N=C/CC2(CF)CC2)c(OC)c1. The summed E-state index contributed by atoms with van der Waals surface area (Å²) in [7, 11) is 2.89. The fraction of sp³-hybridized carbons (Fsp3) is 0.529. The van der Waals surface area contributed by atoms with Crippen molar-refractivity contribution in [2.75, 3.05) is 39.3 Å². The fourth-order valence-corrected chi connectivity index (χ4v) is 2.26. The third-order valence-corrected chi connectivity index (χ3v) is 4.07. The van der Waals surface area contributed by atoms with E-state index in [4.69, 9.17) is 4.74 Å². The maximum absolute atomic E-state index is 12.7. The van der Waals surface area contributed by atoms with Gasteiger partial charge in [-0.1, -0.05) is 0 Å². The lowest BCUT2D eigenvalue weighted by molar-refractivity contribution is 0.0600. The number of rotatable bonds is 9. The minimum atomic E-state index is -0.402. The average molecular weight is 322 g/mol. The number of hydrogen-bond acceptors (Lipinski definition) is 5. The van der Waals surface area contributed by atoms with Gasteiger partial charge in [0, 0.05) is 12.0 Å². The Morgan fingerprint density at radius 1 is 1.43 bits per heavy atom. The molecule has 0 amide bonds. The van der Waals surface area contributed by atoms with Crippen molar-refractivity contribution < 1.29 is 18.7 Å². The lowest BCUT2D eigenvalue weighted by Crippen LogP contribution is -2.08. The van der Waals surface area contributed by atoms with E-state index in [0.717, 1.165) is 24.9 Å². The van der Waals surface area contributed by atoms with Crippen molar-refractivity contribution in [3.8, 4) is 5.75 Å². The van der Waals surface area contributed by atoms with Crippen LogP contribution in [0.3, 0.4) is 0 Å². The van der Waals surface area contributed by atoms with E-state index in [-0.39, 0.29) is 12.1 Å². The Hall–Kier alpha value is -2.11. The van der Waals surface area contributed by atoms with Crippen LogP contribution in [0.4, 0.5) is 10.1 Å². The number of methoxy groups -OCH3 is 2. The number of nitrogens with one attached hydrogen (secondary N) is 1. The lowest BCUT2D eigenvalue weighted by Gasteiger charge is -2.11. The summed E-state index contributed by atoms with van der Waals surface area (Å²) in [6, 6.07) is 5.09. The Morgan fingerprint density at radius 3 is 2.83 bits per heavy atom. The third kappa shape index (κ3) is 4.68. The molecule has 0 saturated heterocycles. The van der Waals surface area contributed by atoms with Crippen molar-refractivity contribution in [1.82, 2.24) is 0 Å². The van der Waals surface area contributed by atoms with Crippen LogP contribution in [0.1, 0.15) is 29.6 Å². The highest BCUT2D eigenvalue weighted by molar-refractivity contribution is 5.90. The number of esters is 1. The Balaban J connectivity index is 1.80. The van der Waals surface area contributed by atoms with Crippen molar-refractivity contribution in [3.63, 3.8) is 0 Å². The highest BCUT2D eigenvalue weighted by Crippen LogP contribution is 2.48. The molecule has 0 heterocycles. The van der Waals surface area contributed by atoms with Gasteiger partial charge >= 0.3 is 5.97 Å².